The monoisotopic (exact) mass is 494 g/mol. The molecule has 1 aromatic carbocycles. The number of hydrogen-bond donors (Lipinski definition) is 0. The van der Waals surface area contributed by atoms with Gasteiger partial charge in [0.1, 0.15) is 10.7 Å². The lowest BCUT2D eigenvalue weighted by Crippen LogP contribution is -2.48. The predicted molar refractivity (Wildman–Crippen MR) is 133 cm³/mol. The number of imidazole rings is 1. The summed E-state index contributed by atoms with van der Waals surface area (Å²) in [5, 5.41) is 4.75. The summed E-state index contributed by atoms with van der Waals surface area (Å²) in [5.41, 5.74) is 2.21. The van der Waals surface area contributed by atoms with Gasteiger partial charge in [-0.3, -0.25) is 14.0 Å². The molecule has 1 aliphatic heterocycles. The highest BCUT2D eigenvalue weighted by Gasteiger charge is 2.23. The largest absolute Gasteiger partial charge is 0.365 e. The van der Waals surface area contributed by atoms with Crippen molar-refractivity contribution in [2.45, 2.75) is 0 Å². The van der Waals surface area contributed by atoms with Crippen LogP contribution in [0.3, 0.4) is 0 Å². The van der Waals surface area contributed by atoms with E-state index in [-0.39, 0.29) is 16.5 Å². The fourth-order valence-electron chi connectivity index (χ4n) is 3.96. The summed E-state index contributed by atoms with van der Waals surface area (Å²) in [4.78, 5) is 33.5. The Morgan fingerprint density at radius 1 is 0.971 bits per heavy atom. The van der Waals surface area contributed by atoms with E-state index >= 15 is 0 Å². The van der Waals surface area contributed by atoms with Gasteiger partial charge in [-0.05, 0) is 30.3 Å². The Kier molecular flexibility index (Phi) is 6.08. The minimum Gasteiger partial charge on any atom is -0.365 e. The van der Waals surface area contributed by atoms with Gasteiger partial charge in [0, 0.05) is 38.5 Å². The van der Waals surface area contributed by atoms with Crippen LogP contribution in [0.1, 0.15) is 5.69 Å². The number of fused-ring (bicyclic) bond motifs is 1. The van der Waals surface area contributed by atoms with Gasteiger partial charge in [-0.1, -0.05) is 47.5 Å². The maximum absolute atomic E-state index is 12.8. The molecule has 4 aromatic rings. The van der Waals surface area contributed by atoms with Gasteiger partial charge in [0.25, 0.3) is 5.56 Å². The van der Waals surface area contributed by atoms with Crippen molar-refractivity contribution in [2.75, 3.05) is 31.1 Å². The average Bonchev–Trinajstić information content (AvgIpc) is 3.19. The zero-order valence-corrected chi connectivity index (χ0v) is 19.5. The number of piperazine rings is 1. The van der Waals surface area contributed by atoms with Crippen molar-refractivity contribution in [3.63, 3.8) is 0 Å². The van der Waals surface area contributed by atoms with Crippen LogP contribution in [0.15, 0.2) is 71.8 Å². The topological polar surface area (TPSA) is 75.7 Å². The van der Waals surface area contributed by atoms with Gasteiger partial charge in [-0.15, -0.1) is 0 Å². The van der Waals surface area contributed by atoms with E-state index in [0.717, 1.165) is 0 Å². The van der Waals surface area contributed by atoms with Crippen molar-refractivity contribution in [1.82, 2.24) is 24.1 Å². The van der Waals surface area contributed by atoms with Crippen LogP contribution in [0.4, 0.5) is 5.69 Å². The lowest BCUT2D eigenvalue weighted by molar-refractivity contribution is -0.126. The van der Waals surface area contributed by atoms with Crippen LogP contribution in [0.2, 0.25) is 10.2 Å². The van der Waals surface area contributed by atoms with Crippen LogP contribution in [-0.4, -0.2) is 56.2 Å². The molecule has 5 rings (SSSR count). The van der Waals surface area contributed by atoms with Gasteiger partial charge < -0.3 is 9.80 Å². The second kappa shape index (κ2) is 9.32. The zero-order chi connectivity index (χ0) is 23.7. The second-order valence-corrected chi connectivity index (χ2v) is 8.49. The van der Waals surface area contributed by atoms with E-state index in [0.29, 0.717) is 54.0 Å². The lowest BCUT2D eigenvalue weighted by atomic mass is 10.2. The van der Waals surface area contributed by atoms with Crippen molar-refractivity contribution >= 4 is 46.5 Å². The molecule has 0 bridgehead atoms. The standard InChI is InChI=1S/C24H20Cl2N6O2/c25-22-19(16-27-32(24(22)34)17-6-2-1-3-7-17)29-12-14-30(15-13-29)21(33)10-9-18-23(26)28-20-8-4-5-11-31(18)20/h1-11,16H,12-15H2. The number of para-hydroxylation sites is 1. The first-order chi connectivity index (χ1) is 16.5. The molecule has 8 nitrogen and oxygen atoms in total. The maximum atomic E-state index is 12.8. The zero-order valence-electron chi connectivity index (χ0n) is 18.0. The van der Waals surface area contributed by atoms with Crippen LogP contribution in [0, 0.1) is 0 Å². The molecule has 10 heteroatoms. The number of nitrogens with zero attached hydrogens (tertiary/aromatic N) is 6. The van der Waals surface area contributed by atoms with E-state index in [1.807, 2.05) is 51.9 Å². The first-order valence-electron chi connectivity index (χ1n) is 10.7. The van der Waals surface area contributed by atoms with Crippen molar-refractivity contribution in [3.8, 4) is 5.69 Å². The molecule has 0 N–H and O–H groups in total. The molecule has 0 unspecified atom stereocenters. The van der Waals surface area contributed by atoms with Gasteiger partial charge in [0.15, 0.2) is 5.15 Å². The van der Waals surface area contributed by atoms with Gasteiger partial charge >= 0.3 is 0 Å². The van der Waals surface area contributed by atoms with Crippen LogP contribution in [0.25, 0.3) is 17.4 Å². The van der Waals surface area contributed by atoms with E-state index in [1.54, 1.807) is 29.3 Å². The second-order valence-electron chi connectivity index (χ2n) is 7.76. The van der Waals surface area contributed by atoms with Gasteiger partial charge in [0.2, 0.25) is 5.91 Å². The predicted octanol–water partition coefficient (Wildman–Crippen LogP) is 3.55. The van der Waals surface area contributed by atoms with Gasteiger partial charge in [0.05, 0.1) is 23.3 Å². The van der Waals surface area contributed by atoms with E-state index in [9.17, 15) is 9.59 Å². The van der Waals surface area contributed by atoms with E-state index in [2.05, 4.69) is 10.1 Å². The summed E-state index contributed by atoms with van der Waals surface area (Å²) in [5.74, 6) is -0.120. The molecular weight excluding hydrogens is 475 g/mol. The molecule has 0 saturated carbocycles. The summed E-state index contributed by atoms with van der Waals surface area (Å²) < 4.78 is 3.11. The Hall–Kier alpha value is -3.62. The number of aromatic nitrogens is 4. The summed E-state index contributed by atoms with van der Waals surface area (Å²) >= 11 is 12.7. The number of benzene rings is 1. The molecule has 1 fully saturated rings. The highest BCUT2D eigenvalue weighted by atomic mass is 35.5. The minimum absolute atomic E-state index is 0.112. The Labute approximate surface area is 205 Å². The number of rotatable bonds is 4. The fraction of sp³-hybridized carbons (Fsp3) is 0.167. The SMILES string of the molecule is O=C(C=Cc1c(Cl)nc2ccccn12)N1CCN(c2cnn(-c3ccccc3)c(=O)c2Cl)CC1. The number of amides is 1. The van der Waals surface area contributed by atoms with Gasteiger partial charge in [-0.2, -0.15) is 9.78 Å². The van der Waals surface area contributed by atoms with Crippen molar-refractivity contribution < 1.29 is 4.79 Å². The molecule has 4 heterocycles. The third-order valence-electron chi connectivity index (χ3n) is 5.74. The Bertz CT molecular complexity index is 1440. The van der Waals surface area contributed by atoms with Gasteiger partial charge in [-0.25, -0.2) is 4.98 Å². The lowest BCUT2D eigenvalue weighted by Gasteiger charge is -2.35. The van der Waals surface area contributed by atoms with Crippen LogP contribution in [-0.2, 0) is 4.79 Å². The first kappa shape index (κ1) is 22.2. The summed E-state index contributed by atoms with van der Waals surface area (Å²) in [6.45, 7) is 2.04. The Morgan fingerprint density at radius 3 is 2.47 bits per heavy atom. The third kappa shape index (κ3) is 4.18. The quantitative estimate of drug-likeness (QED) is 0.405. The number of hydrogen-bond acceptors (Lipinski definition) is 5. The first-order valence-corrected chi connectivity index (χ1v) is 11.5. The van der Waals surface area contributed by atoms with E-state index < -0.39 is 0 Å². The summed E-state index contributed by atoms with van der Waals surface area (Å²) in [6, 6.07) is 14.7. The summed E-state index contributed by atoms with van der Waals surface area (Å²) in [7, 11) is 0. The molecule has 0 spiro atoms. The molecule has 34 heavy (non-hydrogen) atoms. The molecule has 0 radical (unpaired) electrons. The number of carbonyl (C=O) groups is 1. The smallest absolute Gasteiger partial charge is 0.292 e. The molecule has 1 aliphatic rings. The molecule has 3 aromatic heterocycles. The third-order valence-corrected chi connectivity index (χ3v) is 6.37. The summed E-state index contributed by atoms with van der Waals surface area (Å²) in [6.07, 6.45) is 6.63. The van der Waals surface area contributed by atoms with Crippen molar-refractivity contribution in [3.05, 3.63) is 93.2 Å². The molecule has 1 amide bonds. The number of anilines is 1. The maximum Gasteiger partial charge on any atom is 0.292 e. The van der Waals surface area contributed by atoms with Crippen molar-refractivity contribution in [2.24, 2.45) is 0 Å². The number of carbonyl (C=O) groups excluding carboxylic acids is 1. The molecule has 172 valence electrons. The highest BCUT2D eigenvalue weighted by molar-refractivity contribution is 6.33. The van der Waals surface area contributed by atoms with E-state index in [1.165, 1.54) is 10.8 Å². The molecule has 1 saturated heterocycles. The van der Waals surface area contributed by atoms with Crippen LogP contribution >= 0.6 is 23.2 Å². The minimum atomic E-state index is -0.378. The molecule has 0 aliphatic carbocycles. The Morgan fingerprint density at radius 2 is 1.71 bits per heavy atom. The van der Waals surface area contributed by atoms with Crippen LogP contribution in [0.5, 0.6) is 0 Å². The van der Waals surface area contributed by atoms with Crippen LogP contribution < -0.4 is 10.5 Å². The molecular formula is C24H20Cl2N6O2. The number of pyridine rings is 1. The average molecular weight is 495 g/mol. The number of halogens is 2. The van der Waals surface area contributed by atoms with E-state index in [4.69, 9.17) is 23.2 Å². The Balaban J connectivity index is 1.27. The highest BCUT2D eigenvalue weighted by Crippen LogP contribution is 2.23. The fourth-order valence-corrected chi connectivity index (χ4v) is 4.45. The molecule has 0 atom stereocenters. The van der Waals surface area contributed by atoms with Crippen molar-refractivity contribution in [1.29, 1.82) is 0 Å². The normalized spacial score (nSPS) is 14.3.